The number of carboxylic acids is 1. The normalized spacial score (nSPS) is 10.6. The summed E-state index contributed by atoms with van der Waals surface area (Å²) in [7, 11) is 0. The maximum atomic E-state index is 10.4. The minimum atomic E-state index is -0.751. The standard InChI is InChI=1S/C9H12O2S/c1-6(2)7-3-4-12-8(7)5-9(10)11/h3-4,6H,5H2,1-2H3,(H,10,11). The Morgan fingerprint density at radius 3 is 2.83 bits per heavy atom. The predicted octanol–water partition coefficient (Wildman–Crippen LogP) is 2.50. The first kappa shape index (κ1) is 9.26. The molecule has 1 N–H and O–H groups in total. The largest absolute Gasteiger partial charge is 0.481 e. The molecule has 1 aromatic heterocycles. The van der Waals surface area contributed by atoms with E-state index >= 15 is 0 Å². The number of aliphatic carboxylic acids is 1. The van der Waals surface area contributed by atoms with Gasteiger partial charge >= 0.3 is 5.97 Å². The molecule has 66 valence electrons. The molecule has 0 aromatic carbocycles. The third-order valence-electron chi connectivity index (χ3n) is 1.71. The summed E-state index contributed by atoms with van der Waals surface area (Å²) in [6.07, 6.45) is 0.158. The number of hydrogen-bond acceptors (Lipinski definition) is 2. The van der Waals surface area contributed by atoms with Crippen molar-refractivity contribution in [2.45, 2.75) is 26.2 Å². The van der Waals surface area contributed by atoms with Crippen molar-refractivity contribution in [1.82, 2.24) is 0 Å². The van der Waals surface area contributed by atoms with Gasteiger partial charge in [0.25, 0.3) is 0 Å². The Bertz CT molecular complexity index is 276. The van der Waals surface area contributed by atoms with E-state index in [1.165, 1.54) is 16.9 Å². The summed E-state index contributed by atoms with van der Waals surface area (Å²) >= 11 is 1.53. The van der Waals surface area contributed by atoms with Gasteiger partial charge in [-0.25, -0.2) is 0 Å². The van der Waals surface area contributed by atoms with Crippen LogP contribution in [0.2, 0.25) is 0 Å². The van der Waals surface area contributed by atoms with Gasteiger partial charge in [-0.3, -0.25) is 4.79 Å². The van der Waals surface area contributed by atoms with E-state index in [1.54, 1.807) is 0 Å². The lowest BCUT2D eigenvalue weighted by Crippen LogP contribution is -2.01. The summed E-state index contributed by atoms with van der Waals surface area (Å²) in [5.74, 6) is -0.329. The average molecular weight is 184 g/mol. The molecule has 1 rings (SSSR count). The van der Waals surface area contributed by atoms with Gasteiger partial charge in [0.05, 0.1) is 6.42 Å². The summed E-state index contributed by atoms with van der Waals surface area (Å²) in [5, 5.41) is 10.6. The Hall–Kier alpha value is -0.830. The highest BCUT2D eigenvalue weighted by molar-refractivity contribution is 7.10. The van der Waals surface area contributed by atoms with Crippen LogP contribution in [0.5, 0.6) is 0 Å². The highest BCUT2D eigenvalue weighted by Crippen LogP contribution is 2.24. The fourth-order valence-electron chi connectivity index (χ4n) is 1.15. The van der Waals surface area contributed by atoms with Crippen LogP contribution >= 0.6 is 11.3 Å². The van der Waals surface area contributed by atoms with E-state index in [9.17, 15) is 4.79 Å². The molecule has 12 heavy (non-hydrogen) atoms. The Kier molecular flexibility index (Phi) is 2.87. The van der Waals surface area contributed by atoms with Crippen molar-refractivity contribution in [2.75, 3.05) is 0 Å². The van der Waals surface area contributed by atoms with Gasteiger partial charge in [-0.1, -0.05) is 13.8 Å². The van der Waals surface area contributed by atoms with Crippen molar-refractivity contribution in [3.8, 4) is 0 Å². The van der Waals surface area contributed by atoms with E-state index in [1.807, 2.05) is 11.4 Å². The Morgan fingerprint density at radius 2 is 2.33 bits per heavy atom. The molecule has 0 saturated carbocycles. The number of rotatable bonds is 3. The quantitative estimate of drug-likeness (QED) is 0.783. The molecule has 0 bridgehead atoms. The molecular weight excluding hydrogens is 172 g/mol. The maximum absolute atomic E-state index is 10.4. The summed E-state index contributed by atoms with van der Waals surface area (Å²) < 4.78 is 0. The van der Waals surface area contributed by atoms with Crippen LogP contribution in [0.1, 0.15) is 30.2 Å². The summed E-state index contributed by atoms with van der Waals surface area (Å²) in [6.45, 7) is 4.15. The number of carbonyl (C=O) groups is 1. The van der Waals surface area contributed by atoms with Crippen LogP contribution in [-0.2, 0) is 11.2 Å². The maximum Gasteiger partial charge on any atom is 0.308 e. The third-order valence-corrected chi connectivity index (χ3v) is 2.65. The van der Waals surface area contributed by atoms with Crippen LogP contribution in [0.3, 0.4) is 0 Å². The van der Waals surface area contributed by atoms with Crippen molar-refractivity contribution in [1.29, 1.82) is 0 Å². The summed E-state index contributed by atoms with van der Waals surface area (Å²) in [6, 6.07) is 2.01. The lowest BCUT2D eigenvalue weighted by molar-refractivity contribution is -0.136. The second kappa shape index (κ2) is 3.72. The van der Waals surface area contributed by atoms with Crippen LogP contribution in [-0.4, -0.2) is 11.1 Å². The van der Waals surface area contributed by atoms with Crippen LogP contribution in [0.15, 0.2) is 11.4 Å². The molecule has 0 saturated heterocycles. The first-order chi connectivity index (χ1) is 5.61. The summed E-state index contributed by atoms with van der Waals surface area (Å²) in [5.41, 5.74) is 1.17. The molecule has 0 radical (unpaired) electrons. The summed E-state index contributed by atoms with van der Waals surface area (Å²) in [4.78, 5) is 11.4. The van der Waals surface area contributed by atoms with E-state index < -0.39 is 5.97 Å². The first-order valence-corrected chi connectivity index (χ1v) is 4.77. The molecule has 0 aliphatic rings. The number of thiophene rings is 1. The average Bonchev–Trinajstić information content (AvgIpc) is 2.33. The van der Waals surface area contributed by atoms with E-state index in [4.69, 9.17) is 5.11 Å². The highest BCUT2D eigenvalue weighted by atomic mass is 32.1. The Morgan fingerprint density at radius 1 is 1.67 bits per heavy atom. The van der Waals surface area contributed by atoms with Gasteiger partial charge in [-0.05, 0) is 22.9 Å². The SMILES string of the molecule is CC(C)c1ccsc1CC(=O)O. The number of hydrogen-bond donors (Lipinski definition) is 1. The smallest absolute Gasteiger partial charge is 0.308 e. The highest BCUT2D eigenvalue weighted by Gasteiger charge is 2.10. The molecule has 0 amide bonds. The van der Waals surface area contributed by atoms with Gasteiger partial charge in [-0.2, -0.15) is 0 Å². The van der Waals surface area contributed by atoms with E-state index in [0.717, 1.165) is 4.88 Å². The molecule has 0 aliphatic carbocycles. The van der Waals surface area contributed by atoms with Crippen LogP contribution in [0.25, 0.3) is 0 Å². The zero-order chi connectivity index (χ0) is 9.14. The second-order valence-corrected chi connectivity index (χ2v) is 4.03. The zero-order valence-corrected chi connectivity index (χ0v) is 8.02. The molecule has 1 heterocycles. The fraction of sp³-hybridized carbons (Fsp3) is 0.444. The van der Waals surface area contributed by atoms with E-state index in [0.29, 0.717) is 5.92 Å². The molecule has 2 nitrogen and oxygen atoms in total. The van der Waals surface area contributed by atoms with Crippen LogP contribution in [0.4, 0.5) is 0 Å². The van der Waals surface area contributed by atoms with Crippen LogP contribution in [0, 0.1) is 0 Å². The van der Waals surface area contributed by atoms with E-state index in [2.05, 4.69) is 13.8 Å². The van der Waals surface area contributed by atoms with Crippen LogP contribution < -0.4 is 0 Å². The van der Waals surface area contributed by atoms with Gasteiger partial charge in [0.15, 0.2) is 0 Å². The molecule has 0 spiro atoms. The van der Waals surface area contributed by atoms with Gasteiger partial charge in [0, 0.05) is 4.88 Å². The first-order valence-electron chi connectivity index (χ1n) is 3.89. The lowest BCUT2D eigenvalue weighted by atomic mass is 10.0. The number of carboxylic acid groups (broad SMARTS) is 1. The Balaban J connectivity index is 2.84. The van der Waals surface area contributed by atoms with Gasteiger partial charge < -0.3 is 5.11 Å². The molecule has 0 fully saturated rings. The third kappa shape index (κ3) is 2.08. The van der Waals surface area contributed by atoms with Crippen molar-refractivity contribution in [2.24, 2.45) is 0 Å². The minimum absolute atomic E-state index is 0.158. The monoisotopic (exact) mass is 184 g/mol. The zero-order valence-electron chi connectivity index (χ0n) is 7.20. The molecule has 0 aliphatic heterocycles. The minimum Gasteiger partial charge on any atom is -0.481 e. The second-order valence-electron chi connectivity index (χ2n) is 3.02. The fourth-order valence-corrected chi connectivity index (χ4v) is 2.17. The van der Waals surface area contributed by atoms with Gasteiger partial charge in [-0.15, -0.1) is 11.3 Å². The molecule has 3 heteroatoms. The van der Waals surface area contributed by atoms with E-state index in [-0.39, 0.29) is 6.42 Å². The van der Waals surface area contributed by atoms with Gasteiger partial charge in [0.2, 0.25) is 0 Å². The van der Waals surface area contributed by atoms with Crippen molar-refractivity contribution in [3.05, 3.63) is 21.9 Å². The molecular formula is C9H12O2S. The molecule has 1 aromatic rings. The Labute approximate surface area is 75.9 Å². The lowest BCUT2D eigenvalue weighted by Gasteiger charge is -2.03. The van der Waals surface area contributed by atoms with Crippen molar-refractivity contribution in [3.63, 3.8) is 0 Å². The predicted molar refractivity (Wildman–Crippen MR) is 49.7 cm³/mol. The van der Waals surface area contributed by atoms with Crippen molar-refractivity contribution < 1.29 is 9.90 Å². The molecule has 0 atom stereocenters. The topological polar surface area (TPSA) is 37.3 Å². The van der Waals surface area contributed by atoms with Crippen molar-refractivity contribution >= 4 is 17.3 Å². The molecule has 0 unspecified atom stereocenters. The van der Waals surface area contributed by atoms with Gasteiger partial charge in [0.1, 0.15) is 0 Å².